The minimum absolute atomic E-state index is 0.0213. The summed E-state index contributed by atoms with van der Waals surface area (Å²) in [5.41, 5.74) is 2.23. The quantitative estimate of drug-likeness (QED) is 0.0755. The Bertz CT molecular complexity index is 1130. The van der Waals surface area contributed by atoms with Crippen molar-refractivity contribution in [2.45, 2.75) is 128 Å². The molecule has 2 fully saturated rings. The second-order valence-corrected chi connectivity index (χ2v) is 14.4. The van der Waals surface area contributed by atoms with Crippen LogP contribution in [0.2, 0.25) is 0 Å². The van der Waals surface area contributed by atoms with Crippen LogP contribution in [0.25, 0.3) is 0 Å². The number of hydrogen-bond acceptors (Lipinski definition) is 7. The number of aliphatic carboxylic acids is 1. The molecule has 0 aliphatic heterocycles. The number of esters is 1. The lowest BCUT2D eigenvalue weighted by Crippen LogP contribution is -2.42. The van der Waals surface area contributed by atoms with Gasteiger partial charge in [-0.05, 0) is 105 Å². The number of fused-ring (bicyclic) bond motifs is 2. The molecule has 0 heterocycles. The fraction of sp³-hybridized carbons (Fsp3) is 0.757. The molecule has 46 heavy (non-hydrogen) atoms. The van der Waals surface area contributed by atoms with Crippen molar-refractivity contribution in [3.63, 3.8) is 0 Å². The highest BCUT2D eigenvalue weighted by atomic mass is 32.1. The van der Waals surface area contributed by atoms with Gasteiger partial charge in [0.1, 0.15) is 11.9 Å². The molecule has 2 saturated carbocycles. The molecule has 0 spiro atoms. The van der Waals surface area contributed by atoms with Crippen molar-refractivity contribution < 1.29 is 34.1 Å². The molecule has 0 radical (unpaired) electrons. The Morgan fingerprint density at radius 3 is 2.54 bits per heavy atom. The molecule has 0 aromatic heterocycles. The third-order valence-electron chi connectivity index (χ3n) is 10.7. The van der Waals surface area contributed by atoms with Crippen molar-refractivity contribution in [2.24, 2.45) is 29.6 Å². The van der Waals surface area contributed by atoms with Gasteiger partial charge < -0.3 is 25.0 Å². The van der Waals surface area contributed by atoms with Crippen LogP contribution in [0, 0.1) is 29.6 Å². The van der Waals surface area contributed by atoms with Crippen LogP contribution in [0.1, 0.15) is 114 Å². The van der Waals surface area contributed by atoms with E-state index in [1.807, 2.05) is 12.1 Å². The van der Waals surface area contributed by atoms with Gasteiger partial charge in [-0.3, -0.25) is 9.59 Å². The number of carbonyl (C=O) groups is 3. The van der Waals surface area contributed by atoms with E-state index in [4.69, 9.17) is 9.47 Å². The first-order valence-electron chi connectivity index (χ1n) is 18.0. The number of benzene rings is 1. The molecule has 1 amide bonds. The number of thiol groups is 1. The number of hydrogen-bond donors (Lipinski definition) is 4. The van der Waals surface area contributed by atoms with Crippen molar-refractivity contribution in [1.82, 2.24) is 5.32 Å². The van der Waals surface area contributed by atoms with Crippen LogP contribution in [0.5, 0.6) is 5.75 Å². The molecule has 3 aliphatic rings. The van der Waals surface area contributed by atoms with E-state index in [9.17, 15) is 24.6 Å². The smallest absolute Gasteiger partial charge is 0.341 e. The molecule has 3 N–H and O–H groups in total. The first-order chi connectivity index (χ1) is 22.3. The predicted octanol–water partition coefficient (Wildman–Crippen LogP) is 6.55. The van der Waals surface area contributed by atoms with Crippen molar-refractivity contribution in [3.05, 3.63) is 29.3 Å². The van der Waals surface area contributed by atoms with Crippen LogP contribution in [-0.2, 0) is 32.0 Å². The monoisotopic (exact) mass is 659 g/mol. The highest BCUT2D eigenvalue weighted by Crippen LogP contribution is 2.50. The van der Waals surface area contributed by atoms with E-state index in [1.54, 1.807) is 0 Å². The van der Waals surface area contributed by atoms with Crippen LogP contribution < -0.4 is 10.1 Å². The summed E-state index contributed by atoms with van der Waals surface area (Å²) < 4.78 is 12.1. The Kier molecular flexibility index (Phi) is 15.0. The molecule has 9 heteroatoms. The van der Waals surface area contributed by atoms with Gasteiger partial charge in [-0.25, -0.2) is 4.79 Å². The zero-order chi connectivity index (χ0) is 32.9. The maximum Gasteiger partial charge on any atom is 0.341 e. The van der Waals surface area contributed by atoms with Crippen LogP contribution >= 0.6 is 12.6 Å². The zero-order valence-electron chi connectivity index (χ0n) is 27.8. The molecule has 7 unspecified atom stereocenters. The van der Waals surface area contributed by atoms with Crippen molar-refractivity contribution in [3.8, 4) is 5.75 Å². The summed E-state index contributed by atoms with van der Waals surface area (Å²) >= 11 is 4.27. The Morgan fingerprint density at radius 2 is 1.78 bits per heavy atom. The van der Waals surface area contributed by atoms with Crippen molar-refractivity contribution >= 4 is 30.5 Å². The first-order valence-corrected chi connectivity index (χ1v) is 18.7. The SMILES string of the molecule is CCCCCC(O)CCC1C(OC(=O)C2CCCCC2C(=O)NCCCCCCS)CC2Cc3c(cccc3OCC(=O)O)CC21. The standard InChI is InChI=1S/C37H57NO7S/c1-2-3-6-13-27(39)17-18-28-31-21-25-12-11-16-33(44-24-35(40)41)32(25)22-26(31)23-34(28)45-37(43)30-15-8-7-14-29(30)36(42)38-19-9-4-5-10-20-46/h11-12,16,26-31,34,39,46H,2-10,13-15,17-24H2,1H3,(H,38,42)(H,40,41). The van der Waals surface area contributed by atoms with Gasteiger partial charge in [0.25, 0.3) is 0 Å². The molecule has 8 nitrogen and oxygen atoms in total. The maximum absolute atomic E-state index is 13.9. The lowest BCUT2D eigenvalue weighted by molar-refractivity contribution is -0.162. The van der Waals surface area contributed by atoms with E-state index in [0.717, 1.165) is 101 Å². The van der Waals surface area contributed by atoms with E-state index in [0.29, 0.717) is 37.5 Å². The summed E-state index contributed by atoms with van der Waals surface area (Å²) in [4.78, 5) is 38.3. The molecule has 4 rings (SSSR count). The summed E-state index contributed by atoms with van der Waals surface area (Å²) in [6.45, 7) is 2.42. The Balaban J connectivity index is 1.44. The van der Waals surface area contributed by atoms with Gasteiger partial charge in [-0.15, -0.1) is 0 Å². The van der Waals surface area contributed by atoms with Crippen LogP contribution in [0.3, 0.4) is 0 Å². The molecule has 3 aliphatic carbocycles. The summed E-state index contributed by atoms with van der Waals surface area (Å²) in [6.07, 6.45) is 14.6. The highest BCUT2D eigenvalue weighted by molar-refractivity contribution is 7.80. The number of ether oxygens (including phenoxy) is 2. The number of carboxylic acids is 1. The van der Waals surface area contributed by atoms with Gasteiger partial charge in [0.2, 0.25) is 5.91 Å². The minimum atomic E-state index is -1.00. The second kappa shape index (κ2) is 18.9. The third-order valence-corrected chi connectivity index (χ3v) is 11.0. The number of unbranched alkanes of at least 4 members (excludes halogenated alkanes) is 5. The van der Waals surface area contributed by atoms with Gasteiger partial charge >= 0.3 is 11.9 Å². The number of amides is 1. The number of aliphatic hydroxyl groups is 1. The Morgan fingerprint density at radius 1 is 1.00 bits per heavy atom. The number of carboxylic acid groups (broad SMARTS) is 1. The Labute approximate surface area is 281 Å². The van der Waals surface area contributed by atoms with Crippen LogP contribution in [0.4, 0.5) is 0 Å². The average molecular weight is 660 g/mol. The summed E-state index contributed by atoms with van der Waals surface area (Å²) in [5, 5.41) is 23.1. The molecule has 1 aromatic carbocycles. The predicted molar refractivity (Wildman–Crippen MR) is 182 cm³/mol. The topological polar surface area (TPSA) is 122 Å². The summed E-state index contributed by atoms with van der Waals surface area (Å²) in [5.74, 6) is 0.172. The summed E-state index contributed by atoms with van der Waals surface area (Å²) in [6, 6.07) is 5.86. The van der Waals surface area contributed by atoms with E-state index < -0.39 is 11.9 Å². The van der Waals surface area contributed by atoms with Crippen molar-refractivity contribution in [1.29, 1.82) is 0 Å². The van der Waals surface area contributed by atoms with E-state index in [1.165, 1.54) is 5.56 Å². The molecule has 0 bridgehead atoms. The molecule has 258 valence electrons. The molecule has 7 atom stereocenters. The van der Waals surface area contributed by atoms with E-state index in [-0.39, 0.29) is 48.4 Å². The van der Waals surface area contributed by atoms with Gasteiger partial charge in [-0.2, -0.15) is 12.6 Å². The molecule has 0 saturated heterocycles. The number of carbonyl (C=O) groups excluding carboxylic acids is 2. The fourth-order valence-electron chi connectivity index (χ4n) is 8.24. The molecular formula is C37H57NO7S. The fourth-order valence-corrected chi connectivity index (χ4v) is 8.47. The lowest BCUT2D eigenvalue weighted by atomic mass is 9.73. The first kappa shape index (κ1) is 36.6. The lowest BCUT2D eigenvalue weighted by Gasteiger charge is -2.33. The number of aliphatic hydroxyl groups excluding tert-OH is 1. The summed E-state index contributed by atoms with van der Waals surface area (Å²) in [7, 11) is 0. The van der Waals surface area contributed by atoms with Gasteiger partial charge in [0.05, 0.1) is 17.9 Å². The highest BCUT2D eigenvalue weighted by Gasteiger charge is 2.48. The number of nitrogens with one attached hydrogen (secondary N) is 1. The van der Waals surface area contributed by atoms with Crippen molar-refractivity contribution in [2.75, 3.05) is 18.9 Å². The van der Waals surface area contributed by atoms with Crippen LogP contribution in [0.15, 0.2) is 18.2 Å². The number of rotatable bonds is 19. The van der Waals surface area contributed by atoms with Gasteiger partial charge in [0, 0.05) is 6.54 Å². The normalized spacial score (nSPS) is 26.1. The largest absolute Gasteiger partial charge is 0.482 e. The Hall–Kier alpha value is -2.26. The molecule has 1 aromatic rings. The average Bonchev–Trinajstić information content (AvgIpc) is 3.38. The molecular weight excluding hydrogens is 602 g/mol. The third kappa shape index (κ3) is 10.4. The maximum atomic E-state index is 13.9. The minimum Gasteiger partial charge on any atom is -0.482 e. The van der Waals surface area contributed by atoms with Gasteiger partial charge in [0.15, 0.2) is 6.61 Å². The van der Waals surface area contributed by atoms with Gasteiger partial charge in [-0.1, -0.05) is 64.0 Å². The van der Waals surface area contributed by atoms with E-state index in [2.05, 4.69) is 30.9 Å². The van der Waals surface area contributed by atoms with Crippen LogP contribution in [-0.4, -0.2) is 59.2 Å². The zero-order valence-corrected chi connectivity index (χ0v) is 28.7. The van der Waals surface area contributed by atoms with E-state index >= 15 is 0 Å². The second-order valence-electron chi connectivity index (χ2n) is 13.9.